The van der Waals surface area contributed by atoms with Crippen LogP contribution in [0.4, 0.5) is 5.69 Å². The van der Waals surface area contributed by atoms with Gasteiger partial charge in [0.15, 0.2) is 4.80 Å². The zero-order valence-corrected chi connectivity index (χ0v) is 22.2. The van der Waals surface area contributed by atoms with Gasteiger partial charge < -0.3 is 14.7 Å². The van der Waals surface area contributed by atoms with E-state index in [9.17, 15) is 14.7 Å². The highest BCUT2D eigenvalue weighted by atomic mass is 35.5. The number of aromatic nitrogens is 1. The molecule has 1 aliphatic heterocycles. The molecule has 0 aliphatic carbocycles. The Morgan fingerprint density at radius 2 is 1.94 bits per heavy atom. The number of carbonyl (C=O) groups is 1. The van der Waals surface area contributed by atoms with Gasteiger partial charge in [-0.1, -0.05) is 41.1 Å². The van der Waals surface area contributed by atoms with Crippen LogP contribution in [0.3, 0.4) is 0 Å². The minimum absolute atomic E-state index is 0.0799. The molecule has 1 atom stereocenters. The van der Waals surface area contributed by atoms with E-state index in [-0.39, 0.29) is 23.5 Å². The first-order chi connectivity index (χ1) is 17.3. The topological polar surface area (TPSA) is 84.1 Å². The first-order valence-corrected chi connectivity index (χ1v) is 13.0. The number of nitrogens with zero attached hydrogens (tertiary/aromatic N) is 3. The van der Waals surface area contributed by atoms with Crippen LogP contribution < -0.4 is 19.8 Å². The number of allylic oxidation sites excluding steroid dienone is 1. The molecule has 0 saturated carbocycles. The zero-order chi connectivity index (χ0) is 26.0. The van der Waals surface area contributed by atoms with E-state index in [0.717, 1.165) is 18.8 Å². The number of benzene rings is 2. The van der Waals surface area contributed by atoms with Crippen molar-refractivity contribution in [3.05, 3.63) is 89.6 Å². The summed E-state index contributed by atoms with van der Waals surface area (Å²) in [5.41, 5.74) is 2.45. The Kier molecular flexibility index (Phi) is 7.66. The van der Waals surface area contributed by atoms with Crippen LogP contribution >= 0.6 is 22.9 Å². The van der Waals surface area contributed by atoms with Crippen LogP contribution in [0.15, 0.2) is 63.5 Å². The molecule has 1 aromatic heterocycles. The summed E-state index contributed by atoms with van der Waals surface area (Å²) in [6, 6.07) is 11.7. The number of hydrogen-bond donors (Lipinski definition) is 1. The Morgan fingerprint density at radius 1 is 1.22 bits per heavy atom. The monoisotopic (exact) mass is 525 g/mol. The van der Waals surface area contributed by atoms with Crippen LogP contribution in [-0.2, 0) is 9.53 Å². The van der Waals surface area contributed by atoms with Crippen molar-refractivity contribution in [2.24, 2.45) is 4.99 Å². The number of anilines is 1. The predicted molar refractivity (Wildman–Crippen MR) is 144 cm³/mol. The van der Waals surface area contributed by atoms with Crippen LogP contribution in [0.25, 0.3) is 6.08 Å². The minimum atomic E-state index is -0.783. The van der Waals surface area contributed by atoms with Gasteiger partial charge in [-0.25, -0.2) is 9.79 Å². The Morgan fingerprint density at radius 3 is 2.58 bits per heavy atom. The molecule has 4 rings (SSSR count). The molecule has 2 heterocycles. The molecule has 0 spiro atoms. The zero-order valence-electron chi connectivity index (χ0n) is 20.6. The molecule has 188 valence electrons. The maximum absolute atomic E-state index is 13.7. The number of rotatable bonds is 7. The first-order valence-electron chi connectivity index (χ1n) is 11.8. The lowest BCUT2D eigenvalue weighted by Crippen LogP contribution is -2.40. The summed E-state index contributed by atoms with van der Waals surface area (Å²) in [6.07, 6.45) is 1.65. The van der Waals surface area contributed by atoms with Crippen molar-refractivity contribution in [2.45, 2.75) is 33.7 Å². The molecule has 1 N–H and O–H groups in total. The molecule has 0 saturated heterocycles. The van der Waals surface area contributed by atoms with Crippen LogP contribution in [0.1, 0.15) is 44.9 Å². The van der Waals surface area contributed by atoms with Gasteiger partial charge in [0.2, 0.25) is 0 Å². The molecule has 9 heteroatoms. The summed E-state index contributed by atoms with van der Waals surface area (Å²) in [4.78, 5) is 33.8. The second kappa shape index (κ2) is 10.7. The molecular formula is C27H28ClN3O4S. The lowest BCUT2D eigenvalue weighted by molar-refractivity contribution is -0.139. The molecule has 2 aromatic carbocycles. The first kappa shape index (κ1) is 25.7. The van der Waals surface area contributed by atoms with Crippen LogP contribution in [0.5, 0.6) is 5.75 Å². The van der Waals surface area contributed by atoms with Crippen LogP contribution in [0, 0.1) is 0 Å². The smallest absolute Gasteiger partial charge is 0.338 e. The summed E-state index contributed by atoms with van der Waals surface area (Å²) in [5.74, 6) is -0.459. The summed E-state index contributed by atoms with van der Waals surface area (Å²) in [5, 5.41) is 11.1. The molecule has 7 nitrogen and oxygen atoms in total. The molecule has 0 fully saturated rings. The highest BCUT2D eigenvalue weighted by molar-refractivity contribution is 7.07. The fraction of sp³-hybridized carbons (Fsp3) is 0.296. The van der Waals surface area contributed by atoms with E-state index in [2.05, 4.69) is 23.7 Å². The molecule has 3 aromatic rings. The average molecular weight is 526 g/mol. The Hall–Kier alpha value is -3.36. The SMILES string of the molecule is CCOC(=O)C1=C(C)N=c2s/c(=C/c3ccc(N(CC)CC)cc3O)c(=O)n2[C@H]1c1ccccc1Cl. The third-order valence-corrected chi connectivity index (χ3v) is 7.47. The van der Waals surface area contributed by atoms with Gasteiger partial charge in [-0.2, -0.15) is 0 Å². The van der Waals surface area contributed by atoms with Crippen LogP contribution in [-0.4, -0.2) is 35.3 Å². The number of thiazole rings is 1. The van der Waals surface area contributed by atoms with Crippen molar-refractivity contribution in [1.82, 2.24) is 4.57 Å². The van der Waals surface area contributed by atoms with E-state index in [1.165, 1.54) is 15.9 Å². The number of aromatic hydroxyl groups is 1. The van der Waals surface area contributed by atoms with Crippen molar-refractivity contribution < 1.29 is 14.6 Å². The molecule has 0 bridgehead atoms. The number of fused-ring (bicyclic) bond motifs is 1. The summed E-state index contributed by atoms with van der Waals surface area (Å²) in [7, 11) is 0. The number of phenols is 1. The predicted octanol–water partition coefficient (Wildman–Crippen LogP) is 4.00. The summed E-state index contributed by atoms with van der Waals surface area (Å²) in [6.45, 7) is 9.39. The molecule has 36 heavy (non-hydrogen) atoms. The fourth-order valence-electron chi connectivity index (χ4n) is 4.36. The quantitative estimate of drug-likeness (QED) is 0.471. The van der Waals surface area contributed by atoms with Crippen molar-refractivity contribution in [3.63, 3.8) is 0 Å². The second-order valence-corrected chi connectivity index (χ2v) is 9.66. The molecule has 0 radical (unpaired) electrons. The Balaban J connectivity index is 1.90. The van der Waals surface area contributed by atoms with Gasteiger partial charge in [0.05, 0.1) is 22.4 Å². The second-order valence-electron chi connectivity index (χ2n) is 8.24. The molecule has 0 amide bonds. The van der Waals surface area contributed by atoms with E-state index in [1.807, 2.05) is 12.1 Å². The normalized spacial score (nSPS) is 15.5. The summed E-state index contributed by atoms with van der Waals surface area (Å²) >= 11 is 7.73. The standard InChI is InChI=1S/C27H28ClN3O4S/c1-5-30(6-2)18-13-12-17(21(32)15-18)14-22-25(33)31-24(19-10-8-9-11-20(19)28)23(26(34)35-7-3)16(4)29-27(31)36-22/h8-15,24,32H,5-7H2,1-4H3/b22-14+/t24-/m0/s1. The fourth-order valence-corrected chi connectivity index (χ4v) is 5.64. The van der Waals surface area contributed by atoms with Gasteiger partial charge in [0, 0.05) is 35.4 Å². The lowest BCUT2D eigenvalue weighted by Gasteiger charge is -2.25. The molecular weight excluding hydrogens is 498 g/mol. The van der Waals surface area contributed by atoms with Crippen LogP contribution in [0.2, 0.25) is 5.02 Å². The number of hydrogen-bond acceptors (Lipinski definition) is 7. The third kappa shape index (κ3) is 4.70. The van der Waals surface area contributed by atoms with E-state index in [4.69, 9.17) is 16.3 Å². The number of ether oxygens (including phenoxy) is 1. The van der Waals surface area contributed by atoms with Gasteiger partial charge in [-0.15, -0.1) is 0 Å². The lowest BCUT2D eigenvalue weighted by atomic mass is 9.96. The van der Waals surface area contributed by atoms with Gasteiger partial charge in [-0.3, -0.25) is 9.36 Å². The van der Waals surface area contributed by atoms with Crippen molar-refractivity contribution in [3.8, 4) is 5.75 Å². The Labute approximate surface area is 218 Å². The molecule has 0 unspecified atom stereocenters. The number of phenolic OH excluding ortho intramolecular Hbond substituents is 1. The highest BCUT2D eigenvalue weighted by Gasteiger charge is 2.34. The van der Waals surface area contributed by atoms with E-state index >= 15 is 0 Å². The van der Waals surface area contributed by atoms with Gasteiger partial charge in [0.1, 0.15) is 11.8 Å². The van der Waals surface area contributed by atoms with Gasteiger partial charge in [0.25, 0.3) is 5.56 Å². The average Bonchev–Trinajstić information content (AvgIpc) is 3.15. The maximum Gasteiger partial charge on any atom is 0.338 e. The summed E-state index contributed by atoms with van der Waals surface area (Å²) < 4.78 is 7.18. The highest BCUT2D eigenvalue weighted by Crippen LogP contribution is 2.34. The van der Waals surface area contributed by atoms with E-state index in [1.54, 1.807) is 50.3 Å². The number of halogens is 1. The Bertz CT molecular complexity index is 1520. The third-order valence-electron chi connectivity index (χ3n) is 6.15. The van der Waals surface area contributed by atoms with Crippen molar-refractivity contribution >= 4 is 40.7 Å². The largest absolute Gasteiger partial charge is 0.507 e. The molecule has 1 aliphatic rings. The maximum atomic E-state index is 13.7. The number of carbonyl (C=O) groups excluding carboxylic acids is 1. The van der Waals surface area contributed by atoms with E-state index in [0.29, 0.717) is 31.2 Å². The van der Waals surface area contributed by atoms with Crippen molar-refractivity contribution in [1.29, 1.82) is 0 Å². The van der Waals surface area contributed by atoms with Gasteiger partial charge in [-0.05, 0) is 57.5 Å². The van der Waals surface area contributed by atoms with Gasteiger partial charge >= 0.3 is 5.97 Å². The van der Waals surface area contributed by atoms with E-state index < -0.39 is 12.0 Å². The number of esters is 1. The minimum Gasteiger partial charge on any atom is -0.507 e. The van der Waals surface area contributed by atoms with Crippen molar-refractivity contribution in [2.75, 3.05) is 24.6 Å².